The molecule has 2 amide bonds. The zero-order valence-corrected chi connectivity index (χ0v) is 16.4. The SMILES string of the molecule is COc1ccccc1/C=C/C(=O)N1CCN(C(=O)c2ccccc2C(F)(F)F)CC1. The quantitative estimate of drug-likeness (QED) is 0.712. The monoisotopic (exact) mass is 418 g/mol. The maximum absolute atomic E-state index is 13.2. The molecule has 1 heterocycles. The standard InChI is InChI=1S/C22H21F3N2O3/c1-30-19-9-5-2-6-16(19)10-11-20(28)26-12-14-27(15-13-26)21(29)17-7-3-4-8-18(17)22(23,24)25/h2-11H,12-15H2,1H3/b11-10+. The van der Waals surface area contributed by atoms with Gasteiger partial charge in [0.15, 0.2) is 0 Å². The lowest BCUT2D eigenvalue weighted by Crippen LogP contribution is -2.50. The molecule has 0 spiro atoms. The molecule has 2 aromatic carbocycles. The van der Waals surface area contributed by atoms with Crippen molar-refractivity contribution >= 4 is 17.9 Å². The van der Waals surface area contributed by atoms with Gasteiger partial charge in [-0.05, 0) is 24.3 Å². The van der Waals surface area contributed by atoms with Crippen LogP contribution in [0.4, 0.5) is 13.2 Å². The largest absolute Gasteiger partial charge is 0.496 e. The fraction of sp³-hybridized carbons (Fsp3) is 0.273. The predicted octanol–water partition coefficient (Wildman–Crippen LogP) is 3.71. The summed E-state index contributed by atoms with van der Waals surface area (Å²) in [5.41, 5.74) is -0.569. The topological polar surface area (TPSA) is 49.9 Å². The summed E-state index contributed by atoms with van der Waals surface area (Å²) < 4.78 is 44.8. The van der Waals surface area contributed by atoms with Crippen LogP contribution in [0.2, 0.25) is 0 Å². The summed E-state index contributed by atoms with van der Waals surface area (Å²) in [5.74, 6) is -0.274. The fourth-order valence-corrected chi connectivity index (χ4v) is 3.29. The minimum atomic E-state index is -4.60. The van der Waals surface area contributed by atoms with E-state index in [1.165, 1.54) is 29.2 Å². The van der Waals surface area contributed by atoms with E-state index in [0.717, 1.165) is 11.6 Å². The number of benzene rings is 2. The highest BCUT2D eigenvalue weighted by Gasteiger charge is 2.36. The van der Waals surface area contributed by atoms with Gasteiger partial charge in [-0.15, -0.1) is 0 Å². The molecule has 0 aromatic heterocycles. The lowest BCUT2D eigenvalue weighted by atomic mass is 10.1. The van der Waals surface area contributed by atoms with Crippen LogP contribution in [-0.2, 0) is 11.0 Å². The molecule has 0 atom stereocenters. The highest BCUT2D eigenvalue weighted by Crippen LogP contribution is 2.32. The van der Waals surface area contributed by atoms with Gasteiger partial charge < -0.3 is 14.5 Å². The van der Waals surface area contributed by atoms with Gasteiger partial charge >= 0.3 is 6.18 Å². The van der Waals surface area contributed by atoms with Crippen LogP contribution in [0.3, 0.4) is 0 Å². The van der Waals surface area contributed by atoms with Crippen LogP contribution < -0.4 is 4.74 Å². The Labute approximate surface area is 172 Å². The number of carbonyl (C=O) groups is 2. The molecule has 158 valence electrons. The van der Waals surface area contributed by atoms with Crippen molar-refractivity contribution in [3.8, 4) is 5.75 Å². The molecule has 0 N–H and O–H groups in total. The maximum Gasteiger partial charge on any atom is 0.417 e. The zero-order valence-electron chi connectivity index (χ0n) is 16.4. The minimum absolute atomic E-state index is 0.166. The number of methoxy groups -OCH3 is 1. The van der Waals surface area contributed by atoms with E-state index in [1.54, 1.807) is 24.2 Å². The summed E-state index contributed by atoms with van der Waals surface area (Å²) in [6.45, 7) is 0.822. The van der Waals surface area contributed by atoms with E-state index in [2.05, 4.69) is 0 Å². The van der Waals surface area contributed by atoms with Gasteiger partial charge in [0.1, 0.15) is 5.75 Å². The molecule has 2 aromatic rings. The zero-order chi connectivity index (χ0) is 21.7. The van der Waals surface area contributed by atoms with Crippen molar-refractivity contribution in [2.75, 3.05) is 33.3 Å². The van der Waals surface area contributed by atoms with Crippen molar-refractivity contribution in [1.29, 1.82) is 0 Å². The molecule has 5 nitrogen and oxygen atoms in total. The number of hydrogen-bond donors (Lipinski definition) is 0. The van der Waals surface area contributed by atoms with Gasteiger partial charge in [0.05, 0.1) is 18.2 Å². The van der Waals surface area contributed by atoms with Crippen molar-refractivity contribution in [3.63, 3.8) is 0 Å². The molecule has 1 saturated heterocycles. The van der Waals surface area contributed by atoms with Crippen LogP contribution in [0.15, 0.2) is 54.6 Å². The molecule has 8 heteroatoms. The Morgan fingerprint density at radius 1 is 0.933 bits per heavy atom. The van der Waals surface area contributed by atoms with Gasteiger partial charge in [0, 0.05) is 37.8 Å². The van der Waals surface area contributed by atoms with Gasteiger partial charge in [0.2, 0.25) is 5.91 Å². The van der Waals surface area contributed by atoms with Crippen molar-refractivity contribution < 1.29 is 27.5 Å². The van der Waals surface area contributed by atoms with E-state index < -0.39 is 17.6 Å². The first-order valence-corrected chi connectivity index (χ1v) is 9.37. The summed E-state index contributed by atoms with van der Waals surface area (Å²) in [6, 6.07) is 12.0. The van der Waals surface area contributed by atoms with Crippen LogP contribution in [0.25, 0.3) is 6.08 Å². The Bertz CT molecular complexity index is 949. The number of halogens is 3. The van der Waals surface area contributed by atoms with Crippen molar-refractivity contribution in [1.82, 2.24) is 9.80 Å². The number of rotatable bonds is 4. The van der Waals surface area contributed by atoms with E-state index >= 15 is 0 Å². The molecule has 30 heavy (non-hydrogen) atoms. The van der Waals surface area contributed by atoms with Crippen molar-refractivity contribution in [3.05, 3.63) is 71.3 Å². The molecule has 0 radical (unpaired) electrons. The minimum Gasteiger partial charge on any atom is -0.496 e. The number of nitrogens with zero attached hydrogens (tertiary/aromatic N) is 2. The molecule has 3 rings (SSSR count). The van der Waals surface area contributed by atoms with Crippen LogP contribution in [0.1, 0.15) is 21.5 Å². The number of amides is 2. The average molecular weight is 418 g/mol. The van der Waals surface area contributed by atoms with E-state index in [0.29, 0.717) is 5.75 Å². The van der Waals surface area contributed by atoms with Crippen molar-refractivity contribution in [2.45, 2.75) is 6.18 Å². The number of hydrogen-bond acceptors (Lipinski definition) is 3. The van der Waals surface area contributed by atoms with E-state index in [1.807, 2.05) is 18.2 Å². The molecule has 1 aliphatic rings. The third kappa shape index (κ3) is 4.82. The second kappa shape index (κ2) is 9.02. The second-order valence-electron chi connectivity index (χ2n) is 6.74. The third-order valence-electron chi connectivity index (χ3n) is 4.89. The van der Waals surface area contributed by atoms with Gasteiger partial charge in [-0.1, -0.05) is 30.3 Å². The molecule has 0 aliphatic carbocycles. The summed E-state index contributed by atoms with van der Waals surface area (Å²) >= 11 is 0. The Morgan fingerprint density at radius 3 is 2.20 bits per heavy atom. The maximum atomic E-state index is 13.2. The lowest BCUT2D eigenvalue weighted by Gasteiger charge is -2.34. The molecule has 0 saturated carbocycles. The van der Waals surface area contributed by atoms with E-state index in [-0.39, 0.29) is 37.6 Å². The van der Waals surface area contributed by atoms with Crippen LogP contribution in [-0.4, -0.2) is 54.9 Å². The molecule has 0 bridgehead atoms. The number of para-hydroxylation sites is 1. The highest BCUT2D eigenvalue weighted by molar-refractivity contribution is 5.96. The van der Waals surface area contributed by atoms with Crippen LogP contribution >= 0.6 is 0 Å². The molecular formula is C22H21F3N2O3. The van der Waals surface area contributed by atoms with Crippen LogP contribution in [0, 0.1) is 0 Å². The smallest absolute Gasteiger partial charge is 0.417 e. The number of carbonyl (C=O) groups excluding carboxylic acids is 2. The van der Waals surface area contributed by atoms with Gasteiger partial charge in [-0.3, -0.25) is 9.59 Å². The highest BCUT2D eigenvalue weighted by atomic mass is 19.4. The Balaban J connectivity index is 1.63. The van der Waals surface area contributed by atoms with Crippen molar-refractivity contribution in [2.24, 2.45) is 0 Å². The first kappa shape index (κ1) is 21.4. The number of alkyl halides is 3. The number of ether oxygens (including phenoxy) is 1. The third-order valence-corrected chi connectivity index (χ3v) is 4.89. The van der Waals surface area contributed by atoms with Gasteiger partial charge in [0.25, 0.3) is 5.91 Å². The van der Waals surface area contributed by atoms with E-state index in [4.69, 9.17) is 4.74 Å². The lowest BCUT2D eigenvalue weighted by molar-refractivity contribution is -0.138. The summed E-state index contributed by atoms with van der Waals surface area (Å²) in [4.78, 5) is 28.0. The molecule has 0 unspecified atom stereocenters. The molecule has 1 aliphatic heterocycles. The first-order chi connectivity index (χ1) is 14.3. The Kier molecular flexibility index (Phi) is 6.44. The number of piperazine rings is 1. The molecule has 1 fully saturated rings. The van der Waals surface area contributed by atoms with E-state index in [9.17, 15) is 22.8 Å². The van der Waals surface area contributed by atoms with Gasteiger partial charge in [-0.25, -0.2) is 0 Å². The Morgan fingerprint density at radius 2 is 1.53 bits per heavy atom. The molecular weight excluding hydrogens is 397 g/mol. The van der Waals surface area contributed by atoms with Gasteiger partial charge in [-0.2, -0.15) is 13.2 Å². The van der Waals surface area contributed by atoms with Crippen LogP contribution in [0.5, 0.6) is 5.75 Å². The normalized spacial score (nSPS) is 14.8. The fourth-order valence-electron chi connectivity index (χ4n) is 3.29. The summed E-state index contributed by atoms with van der Waals surface area (Å²) in [6.07, 6.45) is -1.53. The first-order valence-electron chi connectivity index (χ1n) is 9.37. The average Bonchev–Trinajstić information content (AvgIpc) is 2.76. The summed E-state index contributed by atoms with van der Waals surface area (Å²) in [7, 11) is 1.54. The predicted molar refractivity (Wildman–Crippen MR) is 106 cm³/mol. The summed E-state index contributed by atoms with van der Waals surface area (Å²) in [5, 5.41) is 0. The Hall–Kier alpha value is -3.29. The second-order valence-corrected chi connectivity index (χ2v) is 6.74.